The van der Waals surface area contributed by atoms with E-state index in [4.69, 9.17) is 9.47 Å². The van der Waals surface area contributed by atoms with E-state index in [1.165, 1.54) is 0 Å². The second-order valence-electron chi connectivity index (χ2n) is 6.05. The Morgan fingerprint density at radius 3 is 2.58 bits per heavy atom. The number of hydrogen-bond donors (Lipinski definition) is 0. The van der Waals surface area contributed by atoms with Crippen LogP contribution in [0.2, 0.25) is 0 Å². The number of rotatable bonds is 3. The van der Waals surface area contributed by atoms with Gasteiger partial charge < -0.3 is 9.47 Å². The highest BCUT2D eigenvalue weighted by Crippen LogP contribution is 2.41. The van der Waals surface area contributed by atoms with Crippen molar-refractivity contribution in [3.05, 3.63) is 76.4 Å². The molecular formula is C22H19NO3. The summed E-state index contributed by atoms with van der Waals surface area (Å²) in [7, 11) is 0. The fourth-order valence-electron chi connectivity index (χ4n) is 3.07. The van der Waals surface area contributed by atoms with E-state index in [2.05, 4.69) is 0 Å². The van der Waals surface area contributed by atoms with Crippen LogP contribution in [0.4, 0.5) is 0 Å². The van der Waals surface area contributed by atoms with E-state index in [0.717, 1.165) is 22.3 Å². The summed E-state index contributed by atoms with van der Waals surface area (Å²) in [6.07, 6.45) is 1.75. The summed E-state index contributed by atoms with van der Waals surface area (Å²) >= 11 is 0. The first kappa shape index (κ1) is 17.5. The van der Waals surface area contributed by atoms with Crippen LogP contribution in [0.5, 0.6) is 5.75 Å². The SMILES string of the molecule is CCOC(=O)/C(C#N)=C1\C=C(c2ccccc2)Oc2cc(C)cc(C)c21. The predicted octanol–water partition coefficient (Wildman–Crippen LogP) is 4.58. The molecule has 0 atom stereocenters. The molecule has 0 saturated heterocycles. The van der Waals surface area contributed by atoms with E-state index >= 15 is 0 Å². The van der Waals surface area contributed by atoms with E-state index < -0.39 is 5.97 Å². The highest BCUT2D eigenvalue weighted by molar-refractivity contribution is 6.07. The minimum absolute atomic E-state index is 0.0169. The van der Waals surface area contributed by atoms with Crippen LogP contribution in [0.15, 0.2) is 54.1 Å². The molecule has 130 valence electrons. The second kappa shape index (κ2) is 7.28. The van der Waals surface area contributed by atoms with Gasteiger partial charge in [-0.2, -0.15) is 5.26 Å². The molecular weight excluding hydrogens is 326 g/mol. The highest BCUT2D eigenvalue weighted by Gasteiger charge is 2.26. The van der Waals surface area contributed by atoms with Gasteiger partial charge in [0.05, 0.1) is 6.61 Å². The van der Waals surface area contributed by atoms with Gasteiger partial charge in [0.15, 0.2) is 0 Å². The molecule has 3 rings (SSSR count). The maximum atomic E-state index is 12.3. The zero-order valence-electron chi connectivity index (χ0n) is 15.0. The molecule has 0 bridgehead atoms. The van der Waals surface area contributed by atoms with Gasteiger partial charge in [0.25, 0.3) is 0 Å². The normalized spacial score (nSPS) is 14.5. The molecule has 26 heavy (non-hydrogen) atoms. The van der Waals surface area contributed by atoms with Gasteiger partial charge in [-0.25, -0.2) is 4.79 Å². The lowest BCUT2D eigenvalue weighted by atomic mass is 9.91. The highest BCUT2D eigenvalue weighted by atomic mass is 16.5. The van der Waals surface area contributed by atoms with E-state index in [-0.39, 0.29) is 12.2 Å². The van der Waals surface area contributed by atoms with Crippen LogP contribution in [0.3, 0.4) is 0 Å². The summed E-state index contributed by atoms with van der Waals surface area (Å²) in [5.41, 5.74) is 4.12. The van der Waals surface area contributed by atoms with Crippen molar-refractivity contribution in [2.24, 2.45) is 0 Å². The predicted molar refractivity (Wildman–Crippen MR) is 100 cm³/mol. The number of benzene rings is 2. The molecule has 0 aliphatic carbocycles. The van der Waals surface area contributed by atoms with Gasteiger partial charge in [0, 0.05) is 16.7 Å². The Bertz CT molecular complexity index is 963. The quantitative estimate of drug-likeness (QED) is 0.464. The Balaban J connectivity index is 2.28. The minimum atomic E-state index is -0.624. The van der Waals surface area contributed by atoms with Gasteiger partial charge in [-0.3, -0.25) is 0 Å². The molecule has 4 heteroatoms. The molecule has 4 nitrogen and oxygen atoms in total. The molecule has 0 unspecified atom stereocenters. The van der Waals surface area contributed by atoms with E-state index in [1.54, 1.807) is 13.0 Å². The van der Waals surface area contributed by atoms with Gasteiger partial charge in [0.2, 0.25) is 0 Å². The van der Waals surface area contributed by atoms with E-state index in [1.807, 2.05) is 62.4 Å². The van der Waals surface area contributed by atoms with Crippen LogP contribution >= 0.6 is 0 Å². The summed E-state index contributed by atoms with van der Waals surface area (Å²) in [4.78, 5) is 12.3. The summed E-state index contributed by atoms with van der Waals surface area (Å²) in [5, 5.41) is 9.62. The van der Waals surface area contributed by atoms with Gasteiger partial charge in [0.1, 0.15) is 23.2 Å². The summed E-state index contributed by atoms with van der Waals surface area (Å²) < 4.78 is 11.2. The minimum Gasteiger partial charge on any atom is -0.462 e. The fourth-order valence-corrected chi connectivity index (χ4v) is 3.07. The summed E-state index contributed by atoms with van der Waals surface area (Å²) in [5.74, 6) is 0.604. The number of ether oxygens (including phenoxy) is 2. The monoisotopic (exact) mass is 345 g/mol. The molecule has 0 radical (unpaired) electrons. The maximum Gasteiger partial charge on any atom is 0.349 e. The lowest BCUT2D eigenvalue weighted by molar-refractivity contribution is -0.137. The van der Waals surface area contributed by atoms with Crippen molar-refractivity contribution in [2.75, 3.05) is 6.61 Å². The number of carbonyl (C=O) groups is 1. The first-order valence-electron chi connectivity index (χ1n) is 8.43. The van der Waals surface area contributed by atoms with Crippen molar-refractivity contribution in [2.45, 2.75) is 20.8 Å². The third kappa shape index (κ3) is 3.25. The third-order valence-electron chi connectivity index (χ3n) is 4.13. The molecule has 0 saturated carbocycles. The lowest BCUT2D eigenvalue weighted by Gasteiger charge is -2.23. The van der Waals surface area contributed by atoms with E-state index in [0.29, 0.717) is 17.1 Å². The Morgan fingerprint density at radius 1 is 1.19 bits per heavy atom. The Hall–Kier alpha value is -3.32. The standard InChI is InChI=1S/C22H19NO3/c1-4-25-22(24)18(13-23)17-12-19(16-8-6-5-7-9-16)26-20-11-14(2)10-15(3)21(17)20/h5-12H,4H2,1-3H3/b18-17+. The first-order chi connectivity index (χ1) is 12.5. The molecule has 1 aliphatic heterocycles. The third-order valence-corrected chi connectivity index (χ3v) is 4.13. The van der Waals surface area contributed by atoms with Crippen LogP contribution in [-0.4, -0.2) is 12.6 Å². The number of carbonyl (C=O) groups excluding carboxylic acids is 1. The molecule has 1 aliphatic rings. The van der Waals surface area contributed by atoms with Crippen molar-refractivity contribution in [1.29, 1.82) is 5.26 Å². The topological polar surface area (TPSA) is 59.3 Å². The molecule has 0 N–H and O–H groups in total. The van der Waals surface area contributed by atoms with Gasteiger partial charge in [-0.05, 0) is 44.0 Å². The molecule has 1 heterocycles. The number of nitrogens with zero attached hydrogens (tertiary/aromatic N) is 1. The van der Waals surface area contributed by atoms with Crippen LogP contribution in [0.1, 0.15) is 29.2 Å². The molecule has 2 aromatic carbocycles. The number of esters is 1. The number of aryl methyl sites for hydroxylation is 2. The maximum absolute atomic E-state index is 12.3. The number of allylic oxidation sites excluding steroid dienone is 2. The Morgan fingerprint density at radius 2 is 1.92 bits per heavy atom. The van der Waals surface area contributed by atoms with E-state index in [9.17, 15) is 10.1 Å². The zero-order valence-corrected chi connectivity index (χ0v) is 15.0. The van der Waals surface area contributed by atoms with Gasteiger partial charge in [-0.1, -0.05) is 36.4 Å². The van der Waals surface area contributed by atoms with Crippen LogP contribution in [-0.2, 0) is 9.53 Å². The van der Waals surface area contributed by atoms with Crippen LogP contribution in [0, 0.1) is 25.2 Å². The second-order valence-corrected chi connectivity index (χ2v) is 6.05. The Kier molecular flexibility index (Phi) is 4.90. The lowest BCUT2D eigenvalue weighted by Crippen LogP contribution is -2.12. The fraction of sp³-hybridized carbons (Fsp3) is 0.182. The largest absolute Gasteiger partial charge is 0.462 e. The smallest absolute Gasteiger partial charge is 0.349 e. The molecule has 0 spiro atoms. The number of fused-ring (bicyclic) bond motifs is 1. The molecule has 0 aromatic heterocycles. The van der Waals surface area contributed by atoms with Crippen molar-refractivity contribution in [3.8, 4) is 11.8 Å². The molecule has 0 fully saturated rings. The average Bonchev–Trinajstić information content (AvgIpc) is 2.62. The molecule has 2 aromatic rings. The van der Waals surface area contributed by atoms with Crippen molar-refractivity contribution >= 4 is 17.3 Å². The number of hydrogen-bond acceptors (Lipinski definition) is 4. The first-order valence-corrected chi connectivity index (χ1v) is 8.43. The van der Waals surface area contributed by atoms with Crippen molar-refractivity contribution < 1.29 is 14.3 Å². The Labute approximate surface area is 153 Å². The van der Waals surface area contributed by atoms with Crippen molar-refractivity contribution in [1.82, 2.24) is 0 Å². The summed E-state index contributed by atoms with van der Waals surface area (Å²) in [6.45, 7) is 5.85. The van der Waals surface area contributed by atoms with Gasteiger partial charge >= 0.3 is 5.97 Å². The van der Waals surface area contributed by atoms with Gasteiger partial charge in [-0.15, -0.1) is 0 Å². The number of nitriles is 1. The van der Waals surface area contributed by atoms with Crippen LogP contribution in [0.25, 0.3) is 11.3 Å². The van der Waals surface area contributed by atoms with Crippen molar-refractivity contribution in [3.63, 3.8) is 0 Å². The molecule has 0 amide bonds. The zero-order chi connectivity index (χ0) is 18.7. The average molecular weight is 345 g/mol. The summed E-state index contributed by atoms with van der Waals surface area (Å²) in [6, 6.07) is 15.5. The van der Waals surface area contributed by atoms with Crippen LogP contribution < -0.4 is 4.74 Å².